The second-order valence-corrected chi connectivity index (χ2v) is 5.63. The van der Waals surface area contributed by atoms with Crippen molar-refractivity contribution < 1.29 is 9.84 Å². The molecule has 0 amide bonds. The molecule has 17 heavy (non-hydrogen) atoms. The van der Waals surface area contributed by atoms with E-state index in [-0.39, 0.29) is 5.41 Å². The first kappa shape index (κ1) is 14.0. The molecule has 1 rings (SSSR count). The van der Waals surface area contributed by atoms with Crippen LogP contribution in [0.3, 0.4) is 0 Å². The minimum Gasteiger partial charge on any atom is -0.496 e. The molecule has 0 bridgehead atoms. The van der Waals surface area contributed by atoms with E-state index >= 15 is 0 Å². The van der Waals surface area contributed by atoms with E-state index in [0.717, 1.165) is 22.6 Å². The van der Waals surface area contributed by atoms with Crippen LogP contribution in [0.2, 0.25) is 0 Å². The zero-order chi connectivity index (χ0) is 13.2. The Morgan fingerprint density at radius 3 is 2.41 bits per heavy atom. The van der Waals surface area contributed by atoms with E-state index < -0.39 is 6.10 Å². The number of hydrogen-bond acceptors (Lipinski definition) is 3. The minimum absolute atomic E-state index is 0.133. The lowest BCUT2D eigenvalue weighted by atomic mass is 9.86. The third kappa shape index (κ3) is 3.19. The standard InChI is InChI=1S/C14H23NO2/c1-9-8-15-11(10(2)13(9)17-6)7-12(16)14(3,4)5/h8,12,16H,7H2,1-6H3. The van der Waals surface area contributed by atoms with E-state index in [2.05, 4.69) is 4.98 Å². The third-order valence-electron chi connectivity index (χ3n) is 3.14. The fraction of sp³-hybridized carbons (Fsp3) is 0.643. The molecule has 0 fully saturated rings. The van der Waals surface area contributed by atoms with Gasteiger partial charge in [0.1, 0.15) is 5.75 Å². The average molecular weight is 237 g/mol. The van der Waals surface area contributed by atoms with E-state index in [1.165, 1.54) is 0 Å². The van der Waals surface area contributed by atoms with Crippen LogP contribution in [-0.2, 0) is 6.42 Å². The smallest absolute Gasteiger partial charge is 0.128 e. The predicted molar refractivity (Wildman–Crippen MR) is 69.4 cm³/mol. The summed E-state index contributed by atoms with van der Waals surface area (Å²) in [6.45, 7) is 10.0. The van der Waals surface area contributed by atoms with Gasteiger partial charge in [0, 0.05) is 29.4 Å². The minimum atomic E-state index is -0.402. The van der Waals surface area contributed by atoms with Crippen LogP contribution in [0, 0.1) is 19.3 Å². The number of methoxy groups -OCH3 is 1. The van der Waals surface area contributed by atoms with Crippen LogP contribution in [0.1, 0.15) is 37.6 Å². The highest BCUT2D eigenvalue weighted by Gasteiger charge is 2.24. The highest BCUT2D eigenvalue weighted by atomic mass is 16.5. The van der Waals surface area contributed by atoms with Gasteiger partial charge in [0.05, 0.1) is 13.2 Å². The molecule has 1 aromatic heterocycles. The Balaban J connectivity index is 3.01. The monoisotopic (exact) mass is 237 g/mol. The summed E-state index contributed by atoms with van der Waals surface area (Å²) in [5, 5.41) is 10.1. The summed E-state index contributed by atoms with van der Waals surface area (Å²) in [7, 11) is 1.67. The van der Waals surface area contributed by atoms with Gasteiger partial charge in [-0.15, -0.1) is 0 Å². The number of ether oxygens (including phenoxy) is 1. The van der Waals surface area contributed by atoms with Crippen molar-refractivity contribution in [1.82, 2.24) is 4.98 Å². The normalized spacial score (nSPS) is 13.6. The second-order valence-electron chi connectivity index (χ2n) is 5.63. The number of aliphatic hydroxyl groups excluding tert-OH is 1. The maximum absolute atomic E-state index is 10.1. The average Bonchev–Trinajstić information content (AvgIpc) is 2.21. The number of aryl methyl sites for hydroxylation is 1. The van der Waals surface area contributed by atoms with Crippen molar-refractivity contribution in [2.45, 2.75) is 47.1 Å². The quantitative estimate of drug-likeness (QED) is 0.878. The molecule has 0 aliphatic carbocycles. The van der Waals surface area contributed by atoms with Crippen molar-refractivity contribution in [3.05, 3.63) is 23.0 Å². The summed E-state index contributed by atoms with van der Waals surface area (Å²) in [6, 6.07) is 0. The molecule has 0 spiro atoms. The fourth-order valence-corrected chi connectivity index (χ4v) is 1.77. The number of rotatable bonds is 3. The maximum atomic E-state index is 10.1. The van der Waals surface area contributed by atoms with E-state index in [1.807, 2.05) is 34.6 Å². The van der Waals surface area contributed by atoms with Gasteiger partial charge >= 0.3 is 0 Å². The molecule has 3 heteroatoms. The lowest BCUT2D eigenvalue weighted by molar-refractivity contribution is 0.0626. The SMILES string of the molecule is COc1c(C)cnc(CC(O)C(C)(C)C)c1C. The molecule has 1 heterocycles. The van der Waals surface area contributed by atoms with Crippen molar-refractivity contribution in [2.75, 3.05) is 7.11 Å². The third-order valence-corrected chi connectivity index (χ3v) is 3.14. The number of hydrogen-bond donors (Lipinski definition) is 1. The molecule has 0 saturated heterocycles. The molecule has 0 aliphatic heterocycles. The molecule has 1 unspecified atom stereocenters. The van der Waals surface area contributed by atoms with Crippen molar-refractivity contribution in [3.63, 3.8) is 0 Å². The molecular weight excluding hydrogens is 214 g/mol. The summed E-state index contributed by atoms with van der Waals surface area (Å²) in [5.41, 5.74) is 2.83. The van der Waals surface area contributed by atoms with Crippen LogP contribution in [0.25, 0.3) is 0 Å². The van der Waals surface area contributed by atoms with E-state index in [1.54, 1.807) is 13.3 Å². The summed E-state index contributed by atoms with van der Waals surface area (Å²) in [4.78, 5) is 4.40. The second kappa shape index (κ2) is 5.05. The van der Waals surface area contributed by atoms with E-state index in [4.69, 9.17) is 4.74 Å². The Labute approximate surface area is 104 Å². The Kier molecular flexibility index (Phi) is 4.15. The van der Waals surface area contributed by atoms with Crippen molar-refractivity contribution in [2.24, 2.45) is 5.41 Å². The molecule has 0 aliphatic rings. The van der Waals surface area contributed by atoms with Crippen LogP contribution >= 0.6 is 0 Å². The summed E-state index contributed by atoms with van der Waals surface area (Å²) < 4.78 is 5.36. The lowest BCUT2D eigenvalue weighted by Gasteiger charge is -2.26. The molecule has 1 aromatic rings. The summed E-state index contributed by atoms with van der Waals surface area (Å²) in [5.74, 6) is 0.871. The first-order valence-corrected chi connectivity index (χ1v) is 5.94. The van der Waals surface area contributed by atoms with Crippen LogP contribution in [0.4, 0.5) is 0 Å². The molecule has 0 aromatic carbocycles. The van der Waals surface area contributed by atoms with Crippen LogP contribution in [-0.4, -0.2) is 23.3 Å². The molecular formula is C14H23NO2. The van der Waals surface area contributed by atoms with Gasteiger partial charge in [0.25, 0.3) is 0 Å². The molecule has 1 atom stereocenters. The highest BCUT2D eigenvalue weighted by Crippen LogP contribution is 2.27. The van der Waals surface area contributed by atoms with Gasteiger partial charge in [-0.1, -0.05) is 20.8 Å². The van der Waals surface area contributed by atoms with Gasteiger partial charge < -0.3 is 9.84 Å². The topological polar surface area (TPSA) is 42.4 Å². The van der Waals surface area contributed by atoms with E-state index in [9.17, 15) is 5.11 Å². The predicted octanol–water partition coefficient (Wildman–Crippen LogP) is 2.66. The van der Waals surface area contributed by atoms with Gasteiger partial charge in [-0.2, -0.15) is 0 Å². The van der Waals surface area contributed by atoms with Gasteiger partial charge in [-0.05, 0) is 19.3 Å². The molecule has 96 valence electrons. The van der Waals surface area contributed by atoms with Gasteiger partial charge in [-0.25, -0.2) is 0 Å². The maximum Gasteiger partial charge on any atom is 0.128 e. The number of aromatic nitrogens is 1. The fourth-order valence-electron chi connectivity index (χ4n) is 1.77. The first-order chi connectivity index (χ1) is 7.77. The zero-order valence-electron chi connectivity index (χ0n) is 11.7. The summed E-state index contributed by atoms with van der Waals surface area (Å²) >= 11 is 0. The lowest BCUT2D eigenvalue weighted by Crippen LogP contribution is -2.28. The van der Waals surface area contributed by atoms with Gasteiger partial charge in [0.15, 0.2) is 0 Å². The van der Waals surface area contributed by atoms with Gasteiger partial charge in [-0.3, -0.25) is 4.98 Å². The Hall–Kier alpha value is -1.09. The van der Waals surface area contributed by atoms with Crippen LogP contribution in [0.15, 0.2) is 6.20 Å². The van der Waals surface area contributed by atoms with Crippen molar-refractivity contribution >= 4 is 0 Å². The first-order valence-electron chi connectivity index (χ1n) is 5.94. The Bertz CT molecular complexity index is 394. The highest BCUT2D eigenvalue weighted by molar-refractivity contribution is 5.41. The molecule has 0 radical (unpaired) electrons. The van der Waals surface area contributed by atoms with Crippen LogP contribution < -0.4 is 4.74 Å². The molecule has 1 N–H and O–H groups in total. The van der Waals surface area contributed by atoms with Crippen molar-refractivity contribution in [3.8, 4) is 5.75 Å². The number of aliphatic hydroxyl groups is 1. The number of nitrogens with zero attached hydrogens (tertiary/aromatic N) is 1. The van der Waals surface area contributed by atoms with Crippen LogP contribution in [0.5, 0.6) is 5.75 Å². The summed E-state index contributed by atoms with van der Waals surface area (Å²) in [6.07, 6.45) is 1.96. The molecule has 0 saturated carbocycles. The Morgan fingerprint density at radius 1 is 1.35 bits per heavy atom. The molecule has 3 nitrogen and oxygen atoms in total. The number of pyridine rings is 1. The Morgan fingerprint density at radius 2 is 1.94 bits per heavy atom. The van der Waals surface area contributed by atoms with Crippen molar-refractivity contribution in [1.29, 1.82) is 0 Å². The van der Waals surface area contributed by atoms with Gasteiger partial charge in [0.2, 0.25) is 0 Å². The zero-order valence-corrected chi connectivity index (χ0v) is 11.7. The largest absolute Gasteiger partial charge is 0.496 e. The van der Waals surface area contributed by atoms with E-state index in [0.29, 0.717) is 6.42 Å².